The second kappa shape index (κ2) is 6.76. The van der Waals surface area contributed by atoms with Gasteiger partial charge in [0.05, 0.1) is 23.2 Å². The summed E-state index contributed by atoms with van der Waals surface area (Å²) in [7, 11) is 1.71. The van der Waals surface area contributed by atoms with Gasteiger partial charge >= 0.3 is 0 Å². The van der Waals surface area contributed by atoms with Crippen LogP contribution in [0.15, 0.2) is 18.2 Å². The van der Waals surface area contributed by atoms with Crippen molar-refractivity contribution in [1.82, 2.24) is 0 Å². The highest BCUT2D eigenvalue weighted by Crippen LogP contribution is 2.35. The summed E-state index contributed by atoms with van der Waals surface area (Å²) >= 11 is 0. The van der Waals surface area contributed by atoms with E-state index in [2.05, 4.69) is 5.32 Å². The van der Waals surface area contributed by atoms with Crippen LogP contribution in [-0.2, 0) is 4.74 Å². The summed E-state index contributed by atoms with van der Waals surface area (Å²) in [4.78, 5) is 10.6. The summed E-state index contributed by atoms with van der Waals surface area (Å²) in [5.41, 5.74) is 0.597. The average molecular weight is 294 g/mol. The highest BCUT2D eigenvalue weighted by molar-refractivity contribution is 5.56. The maximum Gasteiger partial charge on any atom is 0.275 e. The Balaban J connectivity index is 2.09. The molecule has 1 saturated carbocycles. The lowest BCUT2D eigenvalue weighted by atomic mass is 9.80. The molecule has 6 heteroatoms. The van der Waals surface area contributed by atoms with Gasteiger partial charge in [0.25, 0.3) is 5.69 Å². The van der Waals surface area contributed by atoms with Crippen LogP contribution in [0.3, 0.4) is 0 Å². The monoisotopic (exact) mass is 294 g/mol. The van der Waals surface area contributed by atoms with Crippen molar-refractivity contribution < 1.29 is 14.4 Å². The lowest BCUT2D eigenvalue weighted by Crippen LogP contribution is -2.45. The van der Waals surface area contributed by atoms with Crippen LogP contribution in [0.1, 0.15) is 32.6 Å². The zero-order valence-corrected chi connectivity index (χ0v) is 12.6. The Labute approximate surface area is 124 Å². The number of nitro groups is 1. The van der Waals surface area contributed by atoms with Crippen molar-refractivity contribution in [3.63, 3.8) is 0 Å². The number of anilines is 1. The number of hydrogen-bond acceptors (Lipinski definition) is 5. The summed E-state index contributed by atoms with van der Waals surface area (Å²) in [6, 6.07) is 4.78. The Bertz CT molecular complexity index is 495. The summed E-state index contributed by atoms with van der Waals surface area (Å²) in [6.07, 6.45) is 4.06. The van der Waals surface area contributed by atoms with Crippen LogP contribution in [0.5, 0.6) is 5.75 Å². The number of rotatable bonds is 8. The predicted molar refractivity (Wildman–Crippen MR) is 81.0 cm³/mol. The fraction of sp³-hybridized carbons (Fsp3) is 0.600. The standard InChI is InChI=1S/C15H22N2O4/c1-3-7-21-14-9-12(8-13(10-14)17(18)19)16-11-15(20-2)5-4-6-15/h8-10,16H,3-7,11H2,1-2H3. The second-order valence-electron chi connectivity index (χ2n) is 5.42. The van der Waals surface area contributed by atoms with Gasteiger partial charge in [0.15, 0.2) is 0 Å². The van der Waals surface area contributed by atoms with Crippen LogP contribution >= 0.6 is 0 Å². The van der Waals surface area contributed by atoms with E-state index in [9.17, 15) is 10.1 Å². The second-order valence-corrected chi connectivity index (χ2v) is 5.42. The molecule has 0 atom stereocenters. The van der Waals surface area contributed by atoms with Crippen LogP contribution in [0.2, 0.25) is 0 Å². The van der Waals surface area contributed by atoms with Crippen LogP contribution < -0.4 is 10.1 Å². The molecular weight excluding hydrogens is 272 g/mol. The first kappa shape index (κ1) is 15.6. The van der Waals surface area contributed by atoms with E-state index in [1.54, 1.807) is 13.2 Å². The normalized spacial score (nSPS) is 16.1. The van der Waals surface area contributed by atoms with E-state index < -0.39 is 4.92 Å². The van der Waals surface area contributed by atoms with Crippen molar-refractivity contribution >= 4 is 11.4 Å². The molecule has 1 aliphatic rings. The number of methoxy groups -OCH3 is 1. The van der Waals surface area contributed by atoms with Gasteiger partial charge < -0.3 is 14.8 Å². The molecule has 0 aliphatic heterocycles. The van der Waals surface area contributed by atoms with Crippen molar-refractivity contribution in [1.29, 1.82) is 0 Å². The Kier molecular flexibility index (Phi) is 5.01. The minimum Gasteiger partial charge on any atom is -0.493 e. The molecule has 0 spiro atoms. The van der Waals surface area contributed by atoms with Crippen molar-refractivity contribution in [3.05, 3.63) is 28.3 Å². The molecular formula is C15H22N2O4. The summed E-state index contributed by atoms with van der Waals surface area (Å²) < 4.78 is 11.1. The van der Waals surface area contributed by atoms with E-state index in [4.69, 9.17) is 9.47 Å². The first-order chi connectivity index (χ1) is 10.1. The summed E-state index contributed by atoms with van der Waals surface area (Å²) in [5, 5.41) is 14.2. The highest BCUT2D eigenvalue weighted by atomic mass is 16.6. The van der Waals surface area contributed by atoms with Gasteiger partial charge in [-0.15, -0.1) is 0 Å². The highest BCUT2D eigenvalue weighted by Gasteiger charge is 2.36. The maximum absolute atomic E-state index is 11.0. The van der Waals surface area contributed by atoms with Crippen LogP contribution in [0, 0.1) is 10.1 Å². The van der Waals surface area contributed by atoms with Crippen molar-refractivity contribution in [2.24, 2.45) is 0 Å². The third-order valence-electron chi connectivity index (χ3n) is 3.89. The molecule has 0 unspecified atom stereocenters. The summed E-state index contributed by atoms with van der Waals surface area (Å²) in [5.74, 6) is 0.522. The molecule has 6 nitrogen and oxygen atoms in total. The quantitative estimate of drug-likeness (QED) is 0.588. The molecule has 0 aromatic heterocycles. The Morgan fingerprint density at radius 3 is 2.67 bits per heavy atom. The van der Waals surface area contributed by atoms with Crippen molar-refractivity contribution in [3.8, 4) is 5.75 Å². The number of nitrogens with one attached hydrogen (secondary N) is 1. The molecule has 116 valence electrons. The number of non-ortho nitro benzene ring substituents is 1. The summed E-state index contributed by atoms with van der Waals surface area (Å²) in [6.45, 7) is 3.19. The average Bonchev–Trinajstić information content (AvgIpc) is 2.44. The first-order valence-corrected chi connectivity index (χ1v) is 7.30. The zero-order chi connectivity index (χ0) is 15.3. The van der Waals surface area contributed by atoms with Gasteiger partial charge in [0.2, 0.25) is 0 Å². The minimum atomic E-state index is -0.403. The van der Waals surface area contributed by atoms with Gasteiger partial charge in [0, 0.05) is 31.5 Å². The van der Waals surface area contributed by atoms with E-state index in [-0.39, 0.29) is 11.3 Å². The third kappa shape index (κ3) is 3.85. The van der Waals surface area contributed by atoms with Crippen LogP contribution in [0.4, 0.5) is 11.4 Å². The van der Waals surface area contributed by atoms with Gasteiger partial charge in [-0.2, -0.15) is 0 Å². The lowest BCUT2D eigenvalue weighted by molar-refractivity contribution is -0.384. The number of ether oxygens (including phenoxy) is 2. The number of benzene rings is 1. The molecule has 0 amide bonds. The number of nitro benzene ring substituents is 1. The Morgan fingerprint density at radius 2 is 2.14 bits per heavy atom. The third-order valence-corrected chi connectivity index (χ3v) is 3.89. The van der Waals surface area contributed by atoms with Gasteiger partial charge in [-0.25, -0.2) is 0 Å². The number of nitrogens with zero attached hydrogens (tertiary/aromatic N) is 1. The minimum absolute atomic E-state index is 0.0335. The lowest BCUT2D eigenvalue weighted by Gasteiger charge is -2.40. The molecule has 1 N–H and O–H groups in total. The SMILES string of the molecule is CCCOc1cc(NCC2(OC)CCC2)cc([N+](=O)[O-])c1. The van der Waals surface area contributed by atoms with E-state index >= 15 is 0 Å². The van der Waals surface area contributed by atoms with Gasteiger partial charge in [-0.1, -0.05) is 6.92 Å². The molecule has 0 bridgehead atoms. The van der Waals surface area contributed by atoms with E-state index in [0.717, 1.165) is 25.7 Å². The van der Waals surface area contributed by atoms with Gasteiger partial charge in [-0.05, 0) is 25.7 Å². The predicted octanol–water partition coefficient (Wildman–Crippen LogP) is 3.36. The molecule has 2 rings (SSSR count). The molecule has 0 radical (unpaired) electrons. The smallest absolute Gasteiger partial charge is 0.275 e. The Hall–Kier alpha value is -1.82. The fourth-order valence-electron chi connectivity index (χ4n) is 2.38. The molecule has 1 aromatic rings. The van der Waals surface area contributed by atoms with Crippen molar-refractivity contribution in [2.45, 2.75) is 38.2 Å². The molecule has 0 heterocycles. The molecule has 1 aliphatic carbocycles. The van der Waals surface area contributed by atoms with E-state index in [0.29, 0.717) is 24.6 Å². The zero-order valence-electron chi connectivity index (χ0n) is 12.6. The molecule has 21 heavy (non-hydrogen) atoms. The topological polar surface area (TPSA) is 73.6 Å². The van der Waals surface area contributed by atoms with Crippen LogP contribution in [-0.4, -0.2) is 30.8 Å². The molecule has 1 fully saturated rings. The molecule has 1 aromatic carbocycles. The van der Waals surface area contributed by atoms with E-state index in [1.807, 2.05) is 6.92 Å². The maximum atomic E-state index is 11.0. The van der Waals surface area contributed by atoms with Crippen molar-refractivity contribution in [2.75, 3.05) is 25.6 Å². The van der Waals surface area contributed by atoms with Gasteiger partial charge in [0.1, 0.15) is 5.75 Å². The fourth-order valence-corrected chi connectivity index (χ4v) is 2.38. The number of hydrogen-bond donors (Lipinski definition) is 1. The van der Waals surface area contributed by atoms with E-state index in [1.165, 1.54) is 12.1 Å². The van der Waals surface area contributed by atoms with Gasteiger partial charge in [-0.3, -0.25) is 10.1 Å². The molecule has 0 saturated heterocycles. The van der Waals surface area contributed by atoms with Crippen LogP contribution in [0.25, 0.3) is 0 Å². The largest absolute Gasteiger partial charge is 0.493 e. The first-order valence-electron chi connectivity index (χ1n) is 7.30. The Morgan fingerprint density at radius 1 is 1.38 bits per heavy atom.